The van der Waals surface area contributed by atoms with E-state index in [4.69, 9.17) is 15.2 Å². The lowest BCUT2D eigenvalue weighted by molar-refractivity contribution is -0.151. The van der Waals surface area contributed by atoms with E-state index in [9.17, 15) is 9.59 Å². The molecule has 1 atom stereocenters. The van der Waals surface area contributed by atoms with Crippen LogP contribution in [0.15, 0.2) is 0 Å². The van der Waals surface area contributed by atoms with Crippen LogP contribution >= 0.6 is 11.8 Å². The second kappa shape index (κ2) is 9.15. The molecular weight excluding hydrogens is 292 g/mol. The molecular formula is C14H28N2O4S. The van der Waals surface area contributed by atoms with Crippen LogP contribution in [0, 0.1) is 0 Å². The molecule has 21 heavy (non-hydrogen) atoms. The number of hydrogen-bond donors (Lipinski definition) is 2. The Morgan fingerprint density at radius 1 is 1.19 bits per heavy atom. The summed E-state index contributed by atoms with van der Waals surface area (Å²) >= 11 is 1.16. The smallest absolute Gasteiger partial charge is 0.407 e. The Labute approximate surface area is 131 Å². The molecule has 0 spiro atoms. The summed E-state index contributed by atoms with van der Waals surface area (Å²) in [6.07, 6.45) is 4.24. The highest BCUT2D eigenvalue weighted by Crippen LogP contribution is 2.19. The Morgan fingerprint density at radius 3 is 2.29 bits per heavy atom. The molecule has 0 saturated heterocycles. The van der Waals surface area contributed by atoms with Crippen LogP contribution in [0.5, 0.6) is 0 Å². The summed E-state index contributed by atoms with van der Waals surface area (Å²) in [5, 5.41) is 1.24. The maximum Gasteiger partial charge on any atom is 0.407 e. The van der Waals surface area contributed by atoms with Gasteiger partial charge in [-0.25, -0.2) is 4.79 Å². The Morgan fingerprint density at radius 2 is 1.81 bits per heavy atom. The Kier molecular flexibility index (Phi) is 8.73. The minimum atomic E-state index is -1.28. The molecule has 0 saturated carbocycles. The number of alkyl carbamates (subject to hydrolysis) is 1. The summed E-state index contributed by atoms with van der Waals surface area (Å²) in [5.74, 6) is -0.355. The summed E-state index contributed by atoms with van der Waals surface area (Å²) in [7, 11) is 0. The third-order valence-electron chi connectivity index (χ3n) is 2.49. The van der Waals surface area contributed by atoms with Crippen LogP contribution in [-0.2, 0) is 14.3 Å². The van der Waals surface area contributed by atoms with Crippen LogP contribution in [0.3, 0.4) is 0 Å². The average molecular weight is 320 g/mol. The quantitative estimate of drug-likeness (QED) is 0.406. The van der Waals surface area contributed by atoms with Crippen LogP contribution in [0.1, 0.15) is 53.4 Å². The zero-order valence-corrected chi connectivity index (χ0v) is 14.5. The third kappa shape index (κ3) is 10.4. The van der Waals surface area contributed by atoms with Crippen molar-refractivity contribution in [2.45, 2.75) is 64.0 Å². The number of esters is 1. The van der Waals surface area contributed by atoms with Crippen molar-refractivity contribution in [3.05, 3.63) is 0 Å². The Balaban J connectivity index is 4.27. The second-order valence-electron chi connectivity index (χ2n) is 5.80. The van der Waals surface area contributed by atoms with Crippen LogP contribution in [-0.4, -0.2) is 35.5 Å². The number of nitrogens with two attached hydrogens (primary N) is 1. The fourth-order valence-electron chi connectivity index (χ4n) is 1.42. The first-order valence-corrected chi connectivity index (χ1v) is 8.37. The van der Waals surface area contributed by atoms with Gasteiger partial charge in [-0.1, -0.05) is 19.8 Å². The zero-order valence-electron chi connectivity index (χ0n) is 13.7. The molecule has 0 aliphatic heterocycles. The van der Waals surface area contributed by atoms with Crippen LogP contribution in [0.4, 0.5) is 4.79 Å². The summed E-state index contributed by atoms with van der Waals surface area (Å²) in [6, 6.07) is 0. The van der Waals surface area contributed by atoms with E-state index in [1.54, 1.807) is 27.0 Å². The number of carbonyl (C=O) groups is 2. The van der Waals surface area contributed by atoms with Gasteiger partial charge >= 0.3 is 12.1 Å². The zero-order chi connectivity index (χ0) is 16.5. The first-order chi connectivity index (χ1) is 9.62. The molecule has 0 bridgehead atoms. The Hall–Kier alpha value is -0.950. The lowest BCUT2D eigenvalue weighted by Crippen LogP contribution is -2.51. The lowest BCUT2D eigenvalue weighted by Gasteiger charge is -2.28. The summed E-state index contributed by atoms with van der Waals surface area (Å²) < 4.78 is 10.4. The highest BCUT2D eigenvalue weighted by molar-refractivity contribution is 7.99. The van der Waals surface area contributed by atoms with E-state index >= 15 is 0 Å². The molecule has 0 aromatic rings. The van der Waals surface area contributed by atoms with Crippen LogP contribution in [0.2, 0.25) is 0 Å². The van der Waals surface area contributed by atoms with Gasteiger partial charge in [-0.15, -0.1) is 11.8 Å². The van der Waals surface area contributed by atoms with Crippen molar-refractivity contribution in [2.24, 2.45) is 5.73 Å². The molecule has 1 amide bonds. The molecule has 0 fully saturated rings. The van der Waals surface area contributed by atoms with Gasteiger partial charge in [-0.05, 0) is 33.4 Å². The molecule has 0 radical (unpaired) electrons. The van der Waals surface area contributed by atoms with Gasteiger partial charge in [0.2, 0.25) is 5.06 Å². The van der Waals surface area contributed by atoms with Crippen LogP contribution < -0.4 is 11.1 Å². The van der Waals surface area contributed by atoms with E-state index in [1.807, 2.05) is 0 Å². The molecule has 0 aliphatic carbocycles. The number of ether oxygens (including phenoxy) is 2. The second-order valence-corrected chi connectivity index (χ2v) is 6.90. The van der Waals surface area contributed by atoms with Gasteiger partial charge in [0, 0.05) is 6.42 Å². The van der Waals surface area contributed by atoms with E-state index in [-0.39, 0.29) is 12.5 Å². The van der Waals surface area contributed by atoms with E-state index in [1.165, 1.54) is 0 Å². The fourth-order valence-corrected chi connectivity index (χ4v) is 1.82. The SMILES string of the molecule is CCCCCC(=O)OC(N)(CNC(=O)OC(C)(C)C)SC. The van der Waals surface area contributed by atoms with Gasteiger partial charge in [-0.3, -0.25) is 10.5 Å². The minimum absolute atomic E-state index is 0.0113. The summed E-state index contributed by atoms with van der Waals surface area (Å²) in [6.45, 7) is 7.35. The number of amides is 1. The summed E-state index contributed by atoms with van der Waals surface area (Å²) in [5.41, 5.74) is 5.38. The average Bonchev–Trinajstić information content (AvgIpc) is 2.35. The molecule has 0 aliphatic rings. The topological polar surface area (TPSA) is 90.6 Å². The predicted octanol–water partition coefficient (Wildman–Crippen LogP) is 2.61. The van der Waals surface area contributed by atoms with Crippen molar-refractivity contribution in [3.8, 4) is 0 Å². The van der Waals surface area contributed by atoms with Crippen molar-refractivity contribution in [1.29, 1.82) is 0 Å². The Bertz CT molecular complexity index is 344. The molecule has 0 aromatic heterocycles. The molecule has 1 unspecified atom stereocenters. The third-order valence-corrected chi connectivity index (χ3v) is 3.41. The molecule has 6 nitrogen and oxygen atoms in total. The number of unbranched alkanes of at least 4 members (excludes halogenated alkanes) is 2. The van der Waals surface area contributed by atoms with Gasteiger partial charge in [0.25, 0.3) is 0 Å². The van der Waals surface area contributed by atoms with Gasteiger partial charge in [0.05, 0.1) is 6.54 Å². The number of thioether (sulfide) groups is 1. The van der Waals surface area contributed by atoms with Crippen molar-refractivity contribution in [1.82, 2.24) is 5.32 Å². The number of carbonyl (C=O) groups excluding carboxylic acids is 2. The van der Waals surface area contributed by atoms with Gasteiger partial charge < -0.3 is 14.8 Å². The molecule has 0 rings (SSSR count). The van der Waals surface area contributed by atoms with Crippen molar-refractivity contribution < 1.29 is 19.1 Å². The lowest BCUT2D eigenvalue weighted by atomic mass is 10.2. The molecule has 3 N–H and O–H groups in total. The molecule has 0 heterocycles. The van der Waals surface area contributed by atoms with E-state index in [2.05, 4.69) is 12.2 Å². The summed E-state index contributed by atoms with van der Waals surface area (Å²) in [4.78, 5) is 23.3. The van der Waals surface area contributed by atoms with E-state index in [0.29, 0.717) is 6.42 Å². The fraction of sp³-hybridized carbons (Fsp3) is 0.857. The standard InChI is InChI=1S/C14H28N2O4S/c1-6-7-8-9-11(17)19-14(15,21-5)10-16-12(18)20-13(2,3)4/h6-10,15H2,1-5H3,(H,16,18). The number of nitrogens with one attached hydrogen (secondary N) is 1. The normalized spacial score (nSPS) is 14.2. The molecule has 7 heteroatoms. The largest absolute Gasteiger partial charge is 0.444 e. The number of hydrogen-bond acceptors (Lipinski definition) is 6. The maximum atomic E-state index is 11.7. The minimum Gasteiger partial charge on any atom is -0.444 e. The monoisotopic (exact) mass is 320 g/mol. The van der Waals surface area contributed by atoms with Crippen molar-refractivity contribution >= 4 is 23.8 Å². The first-order valence-electron chi connectivity index (χ1n) is 7.14. The molecule has 124 valence electrons. The maximum absolute atomic E-state index is 11.7. The van der Waals surface area contributed by atoms with Crippen molar-refractivity contribution in [3.63, 3.8) is 0 Å². The van der Waals surface area contributed by atoms with Crippen molar-refractivity contribution in [2.75, 3.05) is 12.8 Å². The highest BCUT2D eigenvalue weighted by atomic mass is 32.2. The first kappa shape index (κ1) is 20.1. The van der Waals surface area contributed by atoms with Gasteiger partial charge in [-0.2, -0.15) is 0 Å². The van der Waals surface area contributed by atoms with E-state index in [0.717, 1.165) is 31.0 Å². The van der Waals surface area contributed by atoms with Crippen LogP contribution in [0.25, 0.3) is 0 Å². The number of rotatable bonds is 8. The predicted molar refractivity (Wildman–Crippen MR) is 84.9 cm³/mol. The van der Waals surface area contributed by atoms with Gasteiger partial charge in [0.15, 0.2) is 0 Å². The van der Waals surface area contributed by atoms with Gasteiger partial charge in [0.1, 0.15) is 5.60 Å². The highest BCUT2D eigenvalue weighted by Gasteiger charge is 2.30. The van der Waals surface area contributed by atoms with E-state index < -0.39 is 16.8 Å². The molecule has 0 aromatic carbocycles.